The number of rotatable bonds is 4. The lowest BCUT2D eigenvalue weighted by Gasteiger charge is -2.14. The highest BCUT2D eigenvalue weighted by atomic mass is 16.1. The van der Waals surface area contributed by atoms with Crippen LogP contribution in [-0.4, -0.2) is 16.1 Å². The van der Waals surface area contributed by atoms with Crippen LogP contribution < -0.4 is 5.32 Å². The molecular weight excluding hydrogens is 382 g/mol. The van der Waals surface area contributed by atoms with Crippen molar-refractivity contribution in [2.45, 2.75) is 32.2 Å². The number of fused-ring (bicyclic) bond motifs is 3. The number of benzene rings is 3. The second kappa shape index (κ2) is 8.23. The zero-order valence-corrected chi connectivity index (χ0v) is 17.6. The van der Waals surface area contributed by atoms with Gasteiger partial charge in [0.05, 0.1) is 17.4 Å². The van der Waals surface area contributed by atoms with Crippen molar-refractivity contribution in [1.29, 1.82) is 0 Å². The van der Waals surface area contributed by atoms with Gasteiger partial charge in [-0.3, -0.25) is 9.89 Å². The van der Waals surface area contributed by atoms with Crippen LogP contribution in [0, 0.1) is 0 Å². The first-order valence-corrected chi connectivity index (χ1v) is 10.8. The highest BCUT2D eigenvalue weighted by Crippen LogP contribution is 2.36. The number of carbonyl (C=O) groups excluding carboxylic acids is 1. The monoisotopic (exact) mass is 407 g/mol. The first-order valence-electron chi connectivity index (χ1n) is 10.8. The van der Waals surface area contributed by atoms with Gasteiger partial charge in [0.15, 0.2) is 0 Å². The Balaban J connectivity index is 1.38. The molecule has 1 heterocycles. The summed E-state index contributed by atoms with van der Waals surface area (Å²) < 4.78 is 0. The van der Waals surface area contributed by atoms with Gasteiger partial charge in [0.2, 0.25) is 0 Å². The summed E-state index contributed by atoms with van der Waals surface area (Å²) in [5, 5.41) is 11.0. The summed E-state index contributed by atoms with van der Waals surface area (Å²) in [6.45, 7) is 2.00. The fraction of sp³-hybridized carbons (Fsp3) is 0.185. The molecule has 2 N–H and O–H groups in total. The molecule has 1 atom stereocenters. The van der Waals surface area contributed by atoms with Crippen molar-refractivity contribution in [3.8, 4) is 22.5 Å². The molecule has 4 heteroatoms. The van der Waals surface area contributed by atoms with E-state index in [1.165, 1.54) is 16.7 Å². The van der Waals surface area contributed by atoms with Crippen LogP contribution in [0.5, 0.6) is 0 Å². The van der Waals surface area contributed by atoms with Crippen LogP contribution in [0.15, 0.2) is 78.9 Å². The normalized spacial score (nSPS) is 13.6. The highest BCUT2D eigenvalue weighted by molar-refractivity contribution is 5.95. The number of hydrogen-bond acceptors (Lipinski definition) is 2. The van der Waals surface area contributed by atoms with Gasteiger partial charge in [-0.1, -0.05) is 66.7 Å². The van der Waals surface area contributed by atoms with Crippen molar-refractivity contribution in [1.82, 2.24) is 15.5 Å². The predicted molar refractivity (Wildman–Crippen MR) is 124 cm³/mol. The quantitative estimate of drug-likeness (QED) is 0.454. The van der Waals surface area contributed by atoms with Gasteiger partial charge in [-0.2, -0.15) is 5.10 Å². The Kier molecular flexibility index (Phi) is 5.13. The molecule has 0 saturated heterocycles. The molecule has 0 bridgehead atoms. The average Bonchev–Trinajstić information content (AvgIpc) is 3.15. The zero-order valence-electron chi connectivity index (χ0n) is 17.6. The number of aryl methyl sites for hydroxylation is 1. The van der Waals surface area contributed by atoms with Crippen LogP contribution in [0.4, 0.5) is 0 Å². The zero-order chi connectivity index (χ0) is 21.2. The first kappa shape index (κ1) is 19.3. The van der Waals surface area contributed by atoms with Crippen LogP contribution in [0.1, 0.15) is 46.4 Å². The standard InChI is InChI=1S/C27H25N3O/c1-18(19-8-3-2-4-9-19)28-27(31)22-16-14-21(15-17-22)25-24-13-7-11-20-10-5-6-12-23(20)26(24)30-29-25/h2-6,8-10,12,14-18H,7,11,13H2,1H3,(H,28,31)(H,29,30)/t18-/m1/s1. The van der Waals surface area contributed by atoms with Crippen LogP contribution in [0.25, 0.3) is 22.5 Å². The second-order valence-electron chi connectivity index (χ2n) is 8.12. The lowest BCUT2D eigenvalue weighted by molar-refractivity contribution is 0.0940. The maximum Gasteiger partial charge on any atom is 0.251 e. The fourth-order valence-corrected chi connectivity index (χ4v) is 4.39. The minimum absolute atomic E-state index is 0.0458. The van der Waals surface area contributed by atoms with Crippen molar-refractivity contribution in [3.63, 3.8) is 0 Å². The highest BCUT2D eigenvalue weighted by Gasteiger charge is 2.21. The van der Waals surface area contributed by atoms with E-state index in [4.69, 9.17) is 0 Å². The molecule has 0 aliphatic heterocycles. The minimum Gasteiger partial charge on any atom is -0.346 e. The van der Waals surface area contributed by atoms with Gasteiger partial charge >= 0.3 is 0 Å². The summed E-state index contributed by atoms with van der Waals surface area (Å²) >= 11 is 0. The molecule has 1 aliphatic carbocycles. The van der Waals surface area contributed by atoms with E-state index < -0.39 is 0 Å². The molecule has 5 rings (SSSR count). The molecule has 3 aromatic carbocycles. The number of hydrogen-bond donors (Lipinski definition) is 2. The minimum atomic E-state index is -0.0716. The Bertz CT molecular complexity index is 1210. The number of nitrogens with one attached hydrogen (secondary N) is 2. The summed E-state index contributed by atoms with van der Waals surface area (Å²) in [6.07, 6.45) is 3.18. The molecule has 0 fully saturated rings. The molecule has 0 unspecified atom stereocenters. The SMILES string of the molecule is C[C@@H](NC(=O)c1ccc(-c2n[nH]c3c2CCCc2ccccc2-3)cc1)c1ccccc1. The van der Waals surface area contributed by atoms with Crippen LogP contribution in [0.2, 0.25) is 0 Å². The molecule has 1 amide bonds. The van der Waals surface area contributed by atoms with E-state index in [0.29, 0.717) is 5.56 Å². The summed E-state index contributed by atoms with van der Waals surface area (Å²) in [5.74, 6) is -0.0716. The lowest BCUT2D eigenvalue weighted by atomic mass is 9.99. The van der Waals surface area contributed by atoms with Crippen LogP contribution >= 0.6 is 0 Å². The van der Waals surface area contributed by atoms with Gasteiger partial charge < -0.3 is 5.32 Å². The van der Waals surface area contributed by atoms with E-state index >= 15 is 0 Å². The van der Waals surface area contributed by atoms with Crippen LogP contribution in [0.3, 0.4) is 0 Å². The predicted octanol–water partition coefficient (Wildman–Crippen LogP) is 5.72. The molecule has 0 radical (unpaired) electrons. The van der Waals surface area contributed by atoms with Gasteiger partial charge in [0.1, 0.15) is 0 Å². The third-order valence-corrected chi connectivity index (χ3v) is 6.09. The molecule has 154 valence electrons. The number of nitrogens with zero attached hydrogens (tertiary/aromatic N) is 1. The van der Waals surface area contributed by atoms with Crippen molar-refractivity contribution in [3.05, 3.63) is 101 Å². The lowest BCUT2D eigenvalue weighted by Crippen LogP contribution is -2.26. The third-order valence-electron chi connectivity index (χ3n) is 6.09. The van der Waals surface area contributed by atoms with Gasteiger partial charge in [-0.25, -0.2) is 0 Å². The molecule has 4 nitrogen and oxygen atoms in total. The summed E-state index contributed by atoms with van der Waals surface area (Å²) in [4.78, 5) is 12.7. The molecular formula is C27H25N3O. The molecule has 1 aliphatic rings. The largest absolute Gasteiger partial charge is 0.346 e. The Morgan fingerprint density at radius 1 is 0.935 bits per heavy atom. The number of aromatic nitrogens is 2. The second-order valence-corrected chi connectivity index (χ2v) is 8.12. The maximum absolute atomic E-state index is 12.7. The van der Waals surface area contributed by atoms with Crippen LogP contribution in [-0.2, 0) is 12.8 Å². The van der Waals surface area contributed by atoms with Crippen molar-refractivity contribution < 1.29 is 4.79 Å². The van der Waals surface area contributed by atoms with E-state index in [9.17, 15) is 4.79 Å². The summed E-state index contributed by atoms with van der Waals surface area (Å²) in [7, 11) is 0. The molecule has 0 spiro atoms. The van der Waals surface area contributed by atoms with E-state index in [-0.39, 0.29) is 11.9 Å². The first-order chi connectivity index (χ1) is 15.2. The number of carbonyl (C=O) groups is 1. The third kappa shape index (κ3) is 3.77. The Morgan fingerprint density at radius 3 is 2.48 bits per heavy atom. The number of amides is 1. The van der Waals surface area contributed by atoms with Gasteiger partial charge in [-0.15, -0.1) is 0 Å². The fourth-order valence-electron chi connectivity index (χ4n) is 4.39. The van der Waals surface area contributed by atoms with Gasteiger partial charge in [0, 0.05) is 22.3 Å². The smallest absolute Gasteiger partial charge is 0.251 e. The van der Waals surface area contributed by atoms with Gasteiger partial charge in [-0.05, 0) is 49.4 Å². The maximum atomic E-state index is 12.7. The van der Waals surface area contributed by atoms with Crippen molar-refractivity contribution in [2.24, 2.45) is 0 Å². The summed E-state index contributed by atoms with van der Waals surface area (Å²) in [6, 6.07) is 26.3. The molecule has 31 heavy (non-hydrogen) atoms. The molecule has 1 aromatic heterocycles. The van der Waals surface area contributed by atoms with Crippen molar-refractivity contribution in [2.75, 3.05) is 0 Å². The number of aromatic amines is 1. The summed E-state index contributed by atoms with van der Waals surface area (Å²) in [5.41, 5.74) is 8.77. The van der Waals surface area contributed by atoms with E-state index in [2.05, 4.69) is 39.8 Å². The molecule has 4 aromatic rings. The van der Waals surface area contributed by atoms with E-state index in [0.717, 1.165) is 41.8 Å². The Morgan fingerprint density at radius 2 is 1.68 bits per heavy atom. The Hall–Kier alpha value is -3.66. The van der Waals surface area contributed by atoms with Crippen molar-refractivity contribution >= 4 is 5.91 Å². The number of H-pyrrole nitrogens is 1. The van der Waals surface area contributed by atoms with E-state index in [1.54, 1.807) is 0 Å². The van der Waals surface area contributed by atoms with Gasteiger partial charge in [0.25, 0.3) is 5.91 Å². The Labute approximate surface area is 182 Å². The molecule has 0 saturated carbocycles. The van der Waals surface area contributed by atoms with E-state index in [1.807, 2.05) is 61.5 Å². The average molecular weight is 408 g/mol. The topological polar surface area (TPSA) is 57.8 Å².